The van der Waals surface area contributed by atoms with Gasteiger partial charge in [-0.25, -0.2) is 0 Å². The SMILES string of the molecule is COc1ccc(-c2cc(=O)c3c(O)c([C@@H]4O[C@H](CO)[C@@H](O)[C@H](O)[C@H]4O)c(O[C@@H]4O[C@H](CO[C@@H]5O[C@@H](C)[C@H](O)[C@@H](O)[C@H]5O)[C@@H](O)[C@H](O)[C@H]4O)c([C@@H]4O[C@H](CO)[C@@H](O)[C@H](O)[C@H]4O)c3o2)cc1O. The van der Waals surface area contributed by atoms with E-state index in [1.165, 1.54) is 26.2 Å². The van der Waals surface area contributed by atoms with E-state index in [4.69, 9.17) is 37.6 Å². The molecule has 0 spiro atoms. The highest BCUT2D eigenvalue weighted by molar-refractivity contribution is 5.92. The normalized spacial score (nSPS) is 40.2. The Balaban J connectivity index is 1.45. The highest BCUT2D eigenvalue weighted by Crippen LogP contribution is 2.52. The van der Waals surface area contributed by atoms with Crippen molar-refractivity contribution in [1.82, 2.24) is 0 Å². The summed E-state index contributed by atoms with van der Waals surface area (Å²) < 4.78 is 46.0. The van der Waals surface area contributed by atoms with Crippen molar-refractivity contribution < 1.29 is 119 Å². The molecule has 25 nitrogen and oxygen atoms in total. The zero-order valence-corrected chi connectivity index (χ0v) is 34.3. The molecule has 0 saturated carbocycles. The molecule has 1 aromatic heterocycles. The Morgan fingerprint density at radius 2 is 1.14 bits per heavy atom. The van der Waals surface area contributed by atoms with Crippen molar-refractivity contribution in [2.75, 3.05) is 26.9 Å². The highest BCUT2D eigenvalue weighted by atomic mass is 16.7. The molecule has 20 atom stereocenters. The van der Waals surface area contributed by atoms with E-state index in [9.17, 15) is 86.5 Å². The molecule has 4 saturated heterocycles. The van der Waals surface area contributed by atoms with Gasteiger partial charge in [-0.1, -0.05) is 0 Å². The van der Waals surface area contributed by atoms with Gasteiger partial charge in [0.2, 0.25) is 6.29 Å². The van der Waals surface area contributed by atoms with Crippen molar-refractivity contribution >= 4 is 11.0 Å². The molecule has 0 unspecified atom stereocenters. The topological polar surface area (TPSA) is 419 Å². The molecule has 3 aromatic rings. The number of aliphatic hydroxyl groups excluding tert-OH is 14. The Hall–Kier alpha value is -3.91. The minimum Gasteiger partial charge on any atom is -0.506 e. The zero-order valence-electron chi connectivity index (χ0n) is 34.3. The fourth-order valence-electron chi connectivity index (χ4n) is 8.32. The minimum absolute atomic E-state index is 0.00325. The predicted molar refractivity (Wildman–Crippen MR) is 209 cm³/mol. The Kier molecular flexibility index (Phi) is 14.6. The number of fused-ring (bicyclic) bond motifs is 1. The fourth-order valence-corrected chi connectivity index (χ4v) is 8.32. The van der Waals surface area contributed by atoms with E-state index in [2.05, 4.69) is 0 Å². The van der Waals surface area contributed by atoms with Gasteiger partial charge in [-0.15, -0.1) is 0 Å². The van der Waals surface area contributed by atoms with Crippen molar-refractivity contribution in [3.8, 4) is 34.3 Å². The first-order chi connectivity index (χ1) is 30.7. The molecule has 4 aliphatic heterocycles. The van der Waals surface area contributed by atoms with Crippen LogP contribution < -0.4 is 14.9 Å². The molecule has 0 aliphatic carbocycles. The second kappa shape index (κ2) is 19.4. The lowest BCUT2D eigenvalue weighted by Crippen LogP contribution is -2.61. The monoisotopic (exact) mass is 932 g/mol. The largest absolute Gasteiger partial charge is 0.506 e. The maximum atomic E-state index is 14.3. The summed E-state index contributed by atoms with van der Waals surface area (Å²) in [5, 5.41) is 173. The van der Waals surface area contributed by atoms with Crippen LogP contribution in [0.4, 0.5) is 0 Å². The summed E-state index contributed by atoms with van der Waals surface area (Å²) in [6, 6.07) is 4.62. The van der Waals surface area contributed by atoms with Crippen molar-refractivity contribution in [2.45, 2.75) is 129 Å². The van der Waals surface area contributed by atoms with Crippen LogP contribution in [0, 0.1) is 0 Å². The molecule has 0 radical (unpaired) electrons. The fraction of sp³-hybridized carbons (Fsp3) is 0.625. The molecule has 2 aromatic carbocycles. The molecular weight excluding hydrogens is 880 g/mol. The number of hydrogen-bond acceptors (Lipinski definition) is 25. The van der Waals surface area contributed by atoms with E-state index in [0.29, 0.717) is 0 Å². The van der Waals surface area contributed by atoms with Crippen LogP contribution in [-0.2, 0) is 23.7 Å². The molecule has 25 heteroatoms. The first-order valence-electron chi connectivity index (χ1n) is 20.3. The maximum absolute atomic E-state index is 14.3. The molecule has 4 fully saturated rings. The maximum Gasteiger partial charge on any atom is 0.229 e. The van der Waals surface area contributed by atoms with Crippen LogP contribution in [0.3, 0.4) is 0 Å². The van der Waals surface area contributed by atoms with Gasteiger partial charge in [0.1, 0.15) is 126 Å². The van der Waals surface area contributed by atoms with Gasteiger partial charge in [0, 0.05) is 11.6 Å². The molecule has 16 N–H and O–H groups in total. The molecule has 5 heterocycles. The summed E-state index contributed by atoms with van der Waals surface area (Å²) in [7, 11) is 1.27. The molecule has 7 rings (SSSR count). The van der Waals surface area contributed by atoms with Crippen LogP contribution in [-0.4, -0.2) is 219 Å². The number of ether oxygens (including phenoxy) is 7. The van der Waals surface area contributed by atoms with Crippen molar-refractivity contribution in [3.05, 3.63) is 45.6 Å². The molecule has 362 valence electrons. The Bertz CT molecular complexity index is 2200. The average molecular weight is 933 g/mol. The number of aliphatic hydroxyl groups is 14. The van der Waals surface area contributed by atoms with E-state index < -0.39 is 187 Å². The zero-order chi connectivity index (χ0) is 47.5. The molecule has 4 aliphatic rings. The lowest BCUT2D eigenvalue weighted by molar-refractivity contribution is -0.319. The van der Waals surface area contributed by atoms with Crippen molar-refractivity contribution in [2.24, 2.45) is 0 Å². The summed E-state index contributed by atoms with van der Waals surface area (Å²) in [6.45, 7) is -1.48. The number of benzene rings is 2. The van der Waals surface area contributed by atoms with Gasteiger partial charge in [0.05, 0.1) is 44.2 Å². The summed E-state index contributed by atoms with van der Waals surface area (Å²) in [5.74, 6) is -2.91. The van der Waals surface area contributed by atoms with Gasteiger partial charge in [-0.3, -0.25) is 4.79 Å². The third kappa shape index (κ3) is 8.77. The summed E-state index contributed by atoms with van der Waals surface area (Å²) >= 11 is 0. The van der Waals surface area contributed by atoms with Crippen LogP contribution in [0.25, 0.3) is 22.3 Å². The van der Waals surface area contributed by atoms with Crippen molar-refractivity contribution in [1.29, 1.82) is 0 Å². The van der Waals surface area contributed by atoms with Gasteiger partial charge in [0.25, 0.3) is 0 Å². The summed E-state index contributed by atoms with van der Waals surface area (Å²) in [6.07, 6.45) is -38.9. The van der Waals surface area contributed by atoms with Crippen LogP contribution in [0.1, 0.15) is 30.3 Å². The van der Waals surface area contributed by atoms with E-state index in [1.807, 2.05) is 0 Å². The standard InChI is InChI=1S/C40H52O25/c1-10-22(45)27(50)33(56)39(60-10)59-9-18-25(48)30(53)34(57)40(64-18)65-36-20(37-31(54)28(51)23(46)16(7-41)62-37)26(49)19-13(44)6-15(11-3-4-14(58-2)12(43)5-11)61-35(19)21(36)38-32(55)29(52)24(47)17(8-42)63-38/h3-6,10,16-18,22-25,27-34,37-43,45-57H,7-9H2,1-2H3/t10-,16+,17+,18+,22-,23+,24+,25+,27+,28-,29-,30-,31+,32+,33+,34+,37-,38-,39+,40-/m0/s1. The first-order valence-corrected chi connectivity index (χ1v) is 20.3. The Labute approximate surface area is 366 Å². The number of phenols is 2. The number of hydrogen-bond donors (Lipinski definition) is 16. The summed E-state index contributed by atoms with van der Waals surface area (Å²) in [4.78, 5) is 14.3. The molecular formula is C40H52O25. The van der Waals surface area contributed by atoms with Gasteiger partial charge in [0.15, 0.2) is 28.8 Å². The van der Waals surface area contributed by atoms with E-state index in [-0.39, 0.29) is 17.1 Å². The van der Waals surface area contributed by atoms with Gasteiger partial charge in [-0.2, -0.15) is 0 Å². The first kappa shape index (κ1) is 49.0. The van der Waals surface area contributed by atoms with Crippen LogP contribution in [0.5, 0.6) is 23.0 Å². The van der Waals surface area contributed by atoms with Gasteiger partial charge < -0.3 is 119 Å². The molecule has 0 bridgehead atoms. The Morgan fingerprint density at radius 3 is 1.71 bits per heavy atom. The van der Waals surface area contributed by atoms with Crippen LogP contribution >= 0.6 is 0 Å². The highest BCUT2D eigenvalue weighted by Gasteiger charge is 2.53. The van der Waals surface area contributed by atoms with Crippen LogP contribution in [0.2, 0.25) is 0 Å². The van der Waals surface area contributed by atoms with E-state index in [0.717, 1.165) is 12.1 Å². The number of phenolic OH excluding ortho intramolecular Hbond substituents is 2. The molecule has 65 heavy (non-hydrogen) atoms. The third-order valence-electron chi connectivity index (χ3n) is 12.1. The number of methoxy groups -OCH3 is 1. The lowest BCUT2D eigenvalue weighted by atomic mass is 9.85. The Morgan fingerprint density at radius 1 is 0.600 bits per heavy atom. The van der Waals surface area contributed by atoms with Crippen LogP contribution in [0.15, 0.2) is 33.5 Å². The second-order valence-electron chi connectivity index (χ2n) is 16.2. The van der Waals surface area contributed by atoms with Crippen molar-refractivity contribution in [3.63, 3.8) is 0 Å². The van der Waals surface area contributed by atoms with E-state index in [1.54, 1.807) is 0 Å². The van der Waals surface area contributed by atoms with Gasteiger partial charge in [-0.05, 0) is 25.1 Å². The molecule has 0 amide bonds. The van der Waals surface area contributed by atoms with Gasteiger partial charge >= 0.3 is 0 Å². The summed E-state index contributed by atoms with van der Waals surface area (Å²) in [5.41, 5.74) is -3.47. The quantitative estimate of drug-likeness (QED) is 0.0851. The smallest absolute Gasteiger partial charge is 0.229 e. The van der Waals surface area contributed by atoms with E-state index >= 15 is 0 Å². The predicted octanol–water partition coefficient (Wildman–Crippen LogP) is -6.06. The minimum atomic E-state index is -2.29. The third-order valence-corrected chi connectivity index (χ3v) is 12.1. The average Bonchev–Trinajstić information content (AvgIpc) is 3.28. The number of aromatic hydroxyl groups is 2. The second-order valence-corrected chi connectivity index (χ2v) is 16.2. The number of rotatable bonds is 11. The lowest BCUT2D eigenvalue weighted by Gasteiger charge is -2.44.